The lowest BCUT2D eigenvalue weighted by Crippen LogP contribution is -2.26. The van der Waals surface area contributed by atoms with Crippen molar-refractivity contribution in [2.45, 2.75) is 72.5 Å². The summed E-state index contributed by atoms with van der Waals surface area (Å²) >= 11 is 2.71. The smallest absolute Gasteiger partial charge is 0.341 e. The lowest BCUT2D eigenvalue weighted by molar-refractivity contribution is -0.113. The van der Waals surface area contributed by atoms with E-state index in [2.05, 4.69) is 41.6 Å². The van der Waals surface area contributed by atoms with Crippen molar-refractivity contribution in [3.05, 3.63) is 75.3 Å². The van der Waals surface area contributed by atoms with Crippen molar-refractivity contribution < 1.29 is 23.5 Å². The van der Waals surface area contributed by atoms with Crippen molar-refractivity contribution in [1.82, 2.24) is 20.1 Å². The molecule has 1 atom stereocenters. The number of benzene rings is 1. The van der Waals surface area contributed by atoms with Crippen molar-refractivity contribution in [3.63, 3.8) is 0 Å². The van der Waals surface area contributed by atoms with E-state index in [1.807, 2.05) is 36.6 Å². The van der Waals surface area contributed by atoms with Crippen molar-refractivity contribution in [3.8, 4) is 5.69 Å². The Kier molecular flexibility index (Phi) is 9.83. The molecule has 1 aliphatic rings. The van der Waals surface area contributed by atoms with Crippen LogP contribution in [0.4, 0.5) is 5.00 Å². The largest absolute Gasteiger partial charge is 0.462 e. The molecule has 3 aromatic heterocycles. The normalized spacial score (nSPS) is 14.6. The number of carbonyl (C=O) groups excluding carboxylic acids is 3. The van der Waals surface area contributed by atoms with Crippen LogP contribution in [0.5, 0.6) is 0 Å². The minimum Gasteiger partial charge on any atom is -0.462 e. The molecule has 10 nitrogen and oxygen atoms in total. The molecule has 45 heavy (non-hydrogen) atoms. The van der Waals surface area contributed by atoms with Gasteiger partial charge in [-0.15, -0.1) is 21.5 Å². The minimum atomic E-state index is -0.400. The van der Waals surface area contributed by atoms with Crippen molar-refractivity contribution in [1.29, 1.82) is 0 Å². The standard InChI is InChI=1S/C33H39N5O5S2/c1-7-42-31(41)28-22-13-12-21(33(4,5)6)16-25(22)45-30(28)35-27(39)18-44-32-37-36-26(17-34-29(40)24-9-8-14-43-24)38(32)23-15-19(2)10-11-20(23)3/h8-11,14-15,21H,7,12-13,16-18H2,1-6H3,(H,34,40)(H,35,39). The molecular weight excluding hydrogens is 611 g/mol. The number of ether oxygens (including phenoxy) is 1. The fourth-order valence-electron chi connectivity index (χ4n) is 5.49. The molecule has 2 amide bonds. The number of nitrogens with zero attached hydrogens (tertiary/aromatic N) is 3. The van der Waals surface area contributed by atoms with Gasteiger partial charge in [0.2, 0.25) is 5.91 Å². The molecule has 2 N–H and O–H groups in total. The van der Waals surface area contributed by atoms with Gasteiger partial charge in [0.05, 0.1) is 36.4 Å². The third kappa shape index (κ3) is 7.33. The summed E-state index contributed by atoms with van der Waals surface area (Å²) in [5, 5.41) is 15.6. The number of thioether (sulfide) groups is 1. The van der Waals surface area contributed by atoms with Crippen LogP contribution >= 0.6 is 23.1 Å². The van der Waals surface area contributed by atoms with E-state index in [9.17, 15) is 14.4 Å². The second-order valence-electron chi connectivity index (χ2n) is 12.3. The van der Waals surface area contributed by atoms with E-state index in [0.29, 0.717) is 27.5 Å². The Morgan fingerprint density at radius 1 is 1.18 bits per heavy atom. The zero-order valence-corrected chi connectivity index (χ0v) is 28.1. The van der Waals surface area contributed by atoms with Crippen LogP contribution in [-0.4, -0.2) is 44.9 Å². The number of thiophene rings is 1. The number of aryl methyl sites for hydroxylation is 2. The highest BCUT2D eigenvalue weighted by atomic mass is 32.2. The van der Waals surface area contributed by atoms with Crippen molar-refractivity contribution in [2.75, 3.05) is 17.7 Å². The lowest BCUT2D eigenvalue weighted by Gasteiger charge is -2.33. The zero-order chi connectivity index (χ0) is 32.3. The van der Waals surface area contributed by atoms with Gasteiger partial charge in [-0.3, -0.25) is 14.2 Å². The van der Waals surface area contributed by atoms with Gasteiger partial charge in [0.25, 0.3) is 5.91 Å². The molecule has 0 aliphatic heterocycles. The Labute approximate surface area is 271 Å². The van der Waals surface area contributed by atoms with Crippen LogP contribution < -0.4 is 10.6 Å². The summed E-state index contributed by atoms with van der Waals surface area (Å²) in [6.45, 7) is 12.9. The molecule has 0 saturated heterocycles. The summed E-state index contributed by atoms with van der Waals surface area (Å²) < 4.78 is 12.5. The Hall–Kier alpha value is -3.90. The van der Waals surface area contributed by atoms with Gasteiger partial charge >= 0.3 is 5.97 Å². The Morgan fingerprint density at radius 2 is 1.98 bits per heavy atom. The summed E-state index contributed by atoms with van der Waals surface area (Å²) in [5.41, 5.74) is 4.52. The first-order chi connectivity index (χ1) is 21.5. The van der Waals surface area contributed by atoms with Crippen molar-refractivity contribution in [2.24, 2.45) is 11.3 Å². The first-order valence-corrected chi connectivity index (χ1v) is 16.8. The Bertz CT molecular complexity index is 1700. The van der Waals surface area contributed by atoms with Gasteiger partial charge in [0.1, 0.15) is 5.00 Å². The van der Waals surface area contributed by atoms with Crippen LogP contribution in [0.15, 0.2) is 46.2 Å². The van der Waals surface area contributed by atoms with Crippen LogP contribution in [0.25, 0.3) is 5.69 Å². The predicted octanol–water partition coefficient (Wildman–Crippen LogP) is 6.53. The van der Waals surface area contributed by atoms with E-state index in [1.54, 1.807) is 19.1 Å². The van der Waals surface area contributed by atoms with Gasteiger partial charge in [0.15, 0.2) is 16.7 Å². The average Bonchev–Trinajstić information content (AvgIpc) is 3.74. The van der Waals surface area contributed by atoms with Crippen LogP contribution in [0.3, 0.4) is 0 Å². The number of rotatable bonds is 10. The van der Waals surface area contributed by atoms with E-state index in [1.165, 1.54) is 29.4 Å². The van der Waals surface area contributed by atoms with E-state index in [-0.39, 0.29) is 41.9 Å². The van der Waals surface area contributed by atoms with Crippen LogP contribution in [-0.2, 0) is 28.9 Å². The first kappa shape index (κ1) is 32.5. The van der Waals surface area contributed by atoms with Crippen molar-refractivity contribution >= 4 is 45.9 Å². The summed E-state index contributed by atoms with van der Waals surface area (Å²) in [5.74, 6) is 0.210. The molecule has 1 aliphatic carbocycles. The number of nitrogens with one attached hydrogen (secondary N) is 2. The van der Waals surface area contributed by atoms with E-state index >= 15 is 0 Å². The maximum absolute atomic E-state index is 13.4. The number of esters is 1. The topological polar surface area (TPSA) is 128 Å². The van der Waals surface area contributed by atoms with E-state index in [4.69, 9.17) is 9.15 Å². The van der Waals surface area contributed by atoms with Crippen LogP contribution in [0, 0.1) is 25.2 Å². The molecule has 0 saturated carbocycles. The monoisotopic (exact) mass is 649 g/mol. The number of furan rings is 1. The highest BCUT2D eigenvalue weighted by Crippen LogP contribution is 2.44. The third-order valence-electron chi connectivity index (χ3n) is 8.01. The number of carbonyl (C=O) groups is 3. The zero-order valence-electron chi connectivity index (χ0n) is 26.5. The van der Waals surface area contributed by atoms with E-state index < -0.39 is 5.97 Å². The molecule has 12 heteroatoms. The van der Waals surface area contributed by atoms with Crippen LogP contribution in [0.1, 0.15) is 82.4 Å². The minimum absolute atomic E-state index is 0.0389. The highest BCUT2D eigenvalue weighted by Gasteiger charge is 2.34. The van der Waals surface area contributed by atoms with Gasteiger partial charge < -0.3 is 19.8 Å². The quantitative estimate of drug-likeness (QED) is 0.147. The summed E-state index contributed by atoms with van der Waals surface area (Å²) in [7, 11) is 0. The molecule has 1 unspecified atom stereocenters. The molecule has 0 bridgehead atoms. The van der Waals surface area contributed by atoms with Gasteiger partial charge in [-0.25, -0.2) is 4.79 Å². The third-order valence-corrected chi connectivity index (χ3v) is 10.1. The molecule has 0 radical (unpaired) electrons. The second-order valence-corrected chi connectivity index (χ2v) is 14.3. The maximum Gasteiger partial charge on any atom is 0.341 e. The number of hydrogen-bond donors (Lipinski definition) is 2. The summed E-state index contributed by atoms with van der Waals surface area (Å²) in [4.78, 5) is 40.1. The summed E-state index contributed by atoms with van der Waals surface area (Å²) in [6.07, 6.45) is 4.08. The average molecular weight is 650 g/mol. The fourth-order valence-corrected chi connectivity index (χ4v) is 7.59. The van der Waals surface area contributed by atoms with Gasteiger partial charge in [-0.2, -0.15) is 0 Å². The van der Waals surface area contributed by atoms with Gasteiger partial charge in [0, 0.05) is 4.88 Å². The van der Waals surface area contributed by atoms with Gasteiger partial charge in [-0.05, 0) is 86.3 Å². The first-order valence-electron chi connectivity index (χ1n) is 15.0. The molecule has 0 fully saturated rings. The lowest BCUT2D eigenvalue weighted by atomic mass is 9.72. The molecular formula is C33H39N5O5S2. The number of fused-ring (bicyclic) bond motifs is 1. The molecule has 4 aromatic rings. The van der Waals surface area contributed by atoms with E-state index in [0.717, 1.165) is 46.5 Å². The fraction of sp³-hybridized carbons (Fsp3) is 0.424. The number of hydrogen-bond acceptors (Lipinski definition) is 9. The molecule has 0 spiro atoms. The number of amides is 2. The second kappa shape index (κ2) is 13.6. The summed E-state index contributed by atoms with van der Waals surface area (Å²) in [6, 6.07) is 9.29. The Balaban J connectivity index is 1.36. The molecule has 1 aromatic carbocycles. The van der Waals surface area contributed by atoms with Crippen LogP contribution in [0.2, 0.25) is 0 Å². The Morgan fingerprint density at radius 3 is 2.69 bits per heavy atom. The molecule has 238 valence electrons. The number of anilines is 1. The molecule has 3 heterocycles. The van der Waals surface area contributed by atoms with Gasteiger partial charge in [-0.1, -0.05) is 44.7 Å². The predicted molar refractivity (Wildman–Crippen MR) is 175 cm³/mol. The SMILES string of the molecule is CCOC(=O)c1c(NC(=O)CSc2nnc(CNC(=O)c3ccco3)n2-c2cc(C)ccc2C)sc2c1CCC(C(C)(C)C)C2. The highest BCUT2D eigenvalue weighted by molar-refractivity contribution is 7.99. The molecule has 5 rings (SSSR count). The maximum atomic E-state index is 13.4. The number of aromatic nitrogens is 3.